The Morgan fingerprint density at radius 3 is 2.90 bits per heavy atom. The lowest BCUT2D eigenvalue weighted by Gasteiger charge is -2.16. The molecule has 116 valence electrons. The van der Waals surface area contributed by atoms with Gasteiger partial charge >= 0.3 is 5.97 Å². The SMILES string of the molecule is COC(=O)C(C)CS(=O)(=O)NC1CCc2c(Cl)cccc21. The maximum absolute atomic E-state index is 12.2. The second-order valence-electron chi connectivity index (χ2n) is 5.22. The largest absolute Gasteiger partial charge is 0.469 e. The van der Waals surface area contributed by atoms with Gasteiger partial charge in [-0.15, -0.1) is 0 Å². The van der Waals surface area contributed by atoms with Gasteiger partial charge in [0.1, 0.15) is 0 Å². The summed E-state index contributed by atoms with van der Waals surface area (Å²) in [4.78, 5) is 11.3. The van der Waals surface area contributed by atoms with Crippen molar-refractivity contribution in [2.45, 2.75) is 25.8 Å². The summed E-state index contributed by atoms with van der Waals surface area (Å²) < 4.78 is 31.5. The third kappa shape index (κ3) is 3.75. The molecule has 1 aromatic rings. The fourth-order valence-corrected chi connectivity index (χ4v) is 4.44. The van der Waals surface area contributed by atoms with E-state index in [1.165, 1.54) is 14.0 Å². The Morgan fingerprint density at radius 2 is 2.24 bits per heavy atom. The standard InChI is InChI=1S/C14H18ClNO4S/c1-9(14(17)20-2)8-21(18,19)16-13-7-6-10-11(13)4-3-5-12(10)15/h3-5,9,13,16H,6-8H2,1-2H3. The molecule has 1 N–H and O–H groups in total. The number of methoxy groups -OCH3 is 1. The van der Waals surface area contributed by atoms with Gasteiger partial charge in [0.2, 0.25) is 10.0 Å². The number of fused-ring (bicyclic) bond motifs is 1. The van der Waals surface area contributed by atoms with Crippen LogP contribution in [0.4, 0.5) is 0 Å². The van der Waals surface area contributed by atoms with E-state index >= 15 is 0 Å². The number of benzene rings is 1. The number of carbonyl (C=O) groups excluding carboxylic acids is 1. The minimum atomic E-state index is -3.57. The van der Waals surface area contributed by atoms with Crippen molar-refractivity contribution in [3.63, 3.8) is 0 Å². The van der Waals surface area contributed by atoms with Crippen molar-refractivity contribution in [2.75, 3.05) is 12.9 Å². The van der Waals surface area contributed by atoms with E-state index in [2.05, 4.69) is 9.46 Å². The molecular weight excluding hydrogens is 314 g/mol. The maximum atomic E-state index is 12.2. The average molecular weight is 332 g/mol. The Bertz CT molecular complexity index is 644. The van der Waals surface area contributed by atoms with Gasteiger partial charge in [-0.05, 0) is 30.0 Å². The van der Waals surface area contributed by atoms with Crippen molar-refractivity contribution >= 4 is 27.6 Å². The van der Waals surface area contributed by atoms with Gasteiger partial charge in [-0.2, -0.15) is 0 Å². The van der Waals surface area contributed by atoms with E-state index in [1.54, 1.807) is 6.07 Å². The Hall–Kier alpha value is -1.11. The molecule has 0 aromatic heterocycles. The van der Waals surface area contributed by atoms with E-state index in [4.69, 9.17) is 11.6 Å². The zero-order chi connectivity index (χ0) is 15.6. The second-order valence-corrected chi connectivity index (χ2v) is 7.43. The highest BCUT2D eigenvalue weighted by atomic mass is 35.5. The molecule has 0 fully saturated rings. The van der Waals surface area contributed by atoms with E-state index < -0.39 is 21.9 Å². The van der Waals surface area contributed by atoms with Crippen LogP contribution >= 0.6 is 11.6 Å². The van der Waals surface area contributed by atoms with Crippen molar-refractivity contribution in [3.05, 3.63) is 34.3 Å². The number of sulfonamides is 1. The molecule has 0 saturated heterocycles. The molecule has 1 aromatic carbocycles. The Morgan fingerprint density at radius 1 is 1.52 bits per heavy atom. The fraction of sp³-hybridized carbons (Fsp3) is 0.500. The number of esters is 1. The number of ether oxygens (including phenoxy) is 1. The van der Waals surface area contributed by atoms with Gasteiger partial charge in [0.15, 0.2) is 0 Å². The van der Waals surface area contributed by atoms with Gasteiger partial charge in [-0.25, -0.2) is 13.1 Å². The smallest absolute Gasteiger partial charge is 0.309 e. The third-order valence-electron chi connectivity index (χ3n) is 3.61. The van der Waals surface area contributed by atoms with Crippen molar-refractivity contribution in [1.82, 2.24) is 4.72 Å². The molecule has 0 aliphatic heterocycles. The van der Waals surface area contributed by atoms with Crippen molar-refractivity contribution in [2.24, 2.45) is 5.92 Å². The lowest BCUT2D eigenvalue weighted by Crippen LogP contribution is -2.34. The van der Waals surface area contributed by atoms with E-state index in [0.29, 0.717) is 11.4 Å². The molecule has 0 bridgehead atoms. The van der Waals surface area contributed by atoms with Gasteiger partial charge in [-0.1, -0.05) is 30.7 Å². The van der Waals surface area contributed by atoms with E-state index in [0.717, 1.165) is 17.5 Å². The van der Waals surface area contributed by atoms with Crippen molar-refractivity contribution < 1.29 is 17.9 Å². The first-order chi connectivity index (χ1) is 9.84. The minimum absolute atomic E-state index is 0.284. The molecule has 2 rings (SSSR count). The number of carbonyl (C=O) groups is 1. The zero-order valence-electron chi connectivity index (χ0n) is 11.9. The number of rotatable bonds is 5. The van der Waals surface area contributed by atoms with E-state index in [9.17, 15) is 13.2 Å². The lowest BCUT2D eigenvalue weighted by molar-refractivity contribution is -0.144. The molecular formula is C14H18ClNO4S. The van der Waals surface area contributed by atoms with Crippen LogP contribution in [-0.2, 0) is 26.0 Å². The van der Waals surface area contributed by atoms with Crippen LogP contribution in [0, 0.1) is 5.92 Å². The summed E-state index contributed by atoms with van der Waals surface area (Å²) in [5.41, 5.74) is 1.91. The highest BCUT2D eigenvalue weighted by Crippen LogP contribution is 2.35. The molecule has 5 nitrogen and oxygen atoms in total. The number of hydrogen-bond acceptors (Lipinski definition) is 4. The molecule has 0 heterocycles. The first-order valence-corrected chi connectivity index (χ1v) is 8.72. The fourth-order valence-electron chi connectivity index (χ4n) is 2.60. The molecule has 2 atom stereocenters. The van der Waals surface area contributed by atoms with Crippen molar-refractivity contribution in [1.29, 1.82) is 0 Å². The minimum Gasteiger partial charge on any atom is -0.469 e. The molecule has 2 unspecified atom stereocenters. The lowest BCUT2D eigenvalue weighted by atomic mass is 10.1. The summed E-state index contributed by atoms with van der Waals surface area (Å²) in [7, 11) is -2.32. The normalized spacial score (nSPS) is 19.1. The first kappa shape index (κ1) is 16.3. The van der Waals surface area contributed by atoms with Crippen LogP contribution in [0.1, 0.15) is 30.5 Å². The Labute approximate surface area is 129 Å². The second kappa shape index (κ2) is 6.34. The molecule has 0 amide bonds. The van der Waals surface area contributed by atoms with Crippen LogP contribution in [0.15, 0.2) is 18.2 Å². The third-order valence-corrected chi connectivity index (χ3v) is 5.54. The van der Waals surface area contributed by atoms with Crippen LogP contribution in [0.3, 0.4) is 0 Å². The van der Waals surface area contributed by atoms with Gasteiger partial charge < -0.3 is 4.74 Å². The van der Waals surface area contributed by atoms with E-state index in [-0.39, 0.29) is 11.8 Å². The summed E-state index contributed by atoms with van der Waals surface area (Å²) in [6, 6.07) is 5.21. The molecule has 21 heavy (non-hydrogen) atoms. The molecule has 0 radical (unpaired) electrons. The van der Waals surface area contributed by atoms with Crippen LogP contribution < -0.4 is 4.72 Å². The topological polar surface area (TPSA) is 72.5 Å². The Kier molecular flexibility index (Phi) is 4.91. The Balaban J connectivity index is 2.10. The molecule has 1 aliphatic rings. The highest BCUT2D eigenvalue weighted by molar-refractivity contribution is 7.89. The molecule has 7 heteroatoms. The van der Waals surface area contributed by atoms with Crippen LogP contribution in [0.2, 0.25) is 5.02 Å². The number of halogens is 1. The molecule has 1 aliphatic carbocycles. The number of nitrogens with one attached hydrogen (secondary N) is 1. The summed E-state index contributed by atoms with van der Waals surface area (Å²) >= 11 is 6.11. The van der Waals surface area contributed by atoms with E-state index in [1.807, 2.05) is 12.1 Å². The predicted octanol–water partition coefficient (Wildman–Crippen LogP) is 2.06. The maximum Gasteiger partial charge on any atom is 0.309 e. The summed E-state index contributed by atoms with van der Waals surface area (Å²) in [5.74, 6) is -1.52. The van der Waals surface area contributed by atoms with Crippen LogP contribution in [-0.4, -0.2) is 27.2 Å². The quantitative estimate of drug-likeness (QED) is 0.838. The molecule has 0 saturated carbocycles. The predicted molar refractivity (Wildman–Crippen MR) is 80.6 cm³/mol. The van der Waals surface area contributed by atoms with Gasteiger partial charge in [-0.3, -0.25) is 4.79 Å². The summed E-state index contributed by atoms with van der Waals surface area (Å²) in [6.07, 6.45) is 1.42. The van der Waals surface area contributed by atoms with Gasteiger partial charge in [0.05, 0.1) is 18.8 Å². The van der Waals surface area contributed by atoms with Crippen LogP contribution in [0.25, 0.3) is 0 Å². The average Bonchev–Trinajstić information content (AvgIpc) is 2.81. The van der Waals surface area contributed by atoms with Crippen molar-refractivity contribution in [3.8, 4) is 0 Å². The summed E-state index contributed by atoms with van der Waals surface area (Å²) in [6.45, 7) is 1.53. The van der Waals surface area contributed by atoms with Gasteiger partial charge in [0.25, 0.3) is 0 Å². The number of hydrogen-bond donors (Lipinski definition) is 1. The van der Waals surface area contributed by atoms with Gasteiger partial charge in [0, 0.05) is 11.1 Å². The monoisotopic (exact) mass is 331 g/mol. The molecule has 0 spiro atoms. The highest BCUT2D eigenvalue weighted by Gasteiger charge is 2.30. The zero-order valence-corrected chi connectivity index (χ0v) is 13.5. The first-order valence-electron chi connectivity index (χ1n) is 6.69. The summed E-state index contributed by atoms with van der Waals surface area (Å²) in [5, 5.41) is 0.664. The van der Waals surface area contributed by atoms with Crippen LogP contribution in [0.5, 0.6) is 0 Å².